The summed E-state index contributed by atoms with van der Waals surface area (Å²) in [6.45, 7) is 0. The molecule has 0 aliphatic rings. The van der Waals surface area contributed by atoms with Crippen molar-refractivity contribution in [3.8, 4) is 6.07 Å². The van der Waals surface area contributed by atoms with Crippen LogP contribution in [0.3, 0.4) is 0 Å². The lowest BCUT2D eigenvalue weighted by Crippen LogP contribution is -2.42. The highest BCUT2D eigenvalue weighted by Crippen LogP contribution is 2.20. The maximum Gasteiger partial charge on any atom is 0.269 e. The van der Waals surface area contributed by atoms with Gasteiger partial charge in [0.05, 0.1) is 17.4 Å². The standard InChI is InChI=1S/C16H12FN3O2S/c17-13-6-1-2-7-14(13)23-10-15(21)19-20-16(22)12-5-3-4-11(8-12)9-18/h1-8H,10H2,(H,19,21)(H,20,22). The summed E-state index contributed by atoms with van der Waals surface area (Å²) in [6, 6.07) is 14.1. The fraction of sp³-hybridized carbons (Fsp3) is 0.0625. The summed E-state index contributed by atoms with van der Waals surface area (Å²) in [5, 5.41) is 8.78. The number of carbonyl (C=O) groups excluding carboxylic acids is 2. The van der Waals surface area contributed by atoms with Gasteiger partial charge in [-0.3, -0.25) is 20.4 Å². The first-order valence-electron chi connectivity index (χ1n) is 6.57. The molecule has 0 saturated carbocycles. The molecular weight excluding hydrogens is 317 g/mol. The average Bonchev–Trinajstić information content (AvgIpc) is 2.59. The minimum atomic E-state index is -0.536. The molecule has 0 radical (unpaired) electrons. The van der Waals surface area contributed by atoms with Gasteiger partial charge in [0.1, 0.15) is 5.82 Å². The highest BCUT2D eigenvalue weighted by molar-refractivity contribution is 8.00. The smallest absolute Gasteiger partial charge is 0.269 e. The van der Waals surface area contributed by atoms with Crippen LogP contribution in [0, 0.1) is 17.1 Å². The summed E-state index contributed by atoms with van der Waals surface area (Å²) in [5.41, 5.74) is 5.09. The van der Waals surface area contributed by atoms with Crippen molar-refractivity contribution in [1.29, 1.82) is 5.26 Å². The molecule has 0 unspecified atom stereocenters. The van der Waals surface area contributed by atoms with Crippen molar-refractivity contribution in [2.75, 3.05) is 5.75 Å². The Kier molecular flexibility index (Phi) is 5.72. The van der Waals surface area contributed by atoms with Crippen molar-refractivity contribution in [2.45, 2.75) is 4.90 Å². The van der Waals surface area contributed by atoms with Gasteiger partial charge in [0.25, 0.3) is 5.91 Å². The number of nitrogens with one attached hydrogen (secondary N) is 2. The van der Waals surface area contributed by atoms with Crippen LogP contribution in [0.4, 0.5) is 4.39 Å². The van der Waals surface area contributed by atoms with E-state index >= 15 is 0 Å². The van der Waals surface area contributed by atoms with Crippen LogP contribution in [0.25, 0.3) is 0 Å². The van der Waals surface area contributed by atoms with Gasteiger partial charge in [-0.2, -0.15) is 5.26 Å². The quantitative estimate of drug-likeness (QED) is 0.666. The molecule has 2 N–H and O–H groups in total. The van der Waals surface area contributed by atoms with Crippen LogP contribution in [0.5, 0.6) is 0 Å². The number of hydrogen-bond donors (Lipinski definition) is 2. The number of nitrogens with zero attached hydrogens (tertiary/aromatic N) is 1. The molecule has 5 nitrogen and oxygen atoms in total. The van der Waals surface area contributed by atoms with Crippen molar-refractivity contribution >= 4 is 23.6 Å². The molecule has 7 heteroatoms. The molecule has 2 aromatic carbocycles. The summed E-state index contributed by atoms with van der Waals surface area (Å²) < 4.78 is 13.4. The van der Waals surface area contributed by atoms with Crippen molar-refractivity contribution < 1.29 is 14.0 Å². The molecule has 0 saturated heterocycles. The molecule has 0 atom stereocenters. The van der Waals surface area contributed by atoms with Gasteiger partial charge in [-0.25, -0.2) is 4.39 Å². The van der Waals surface area contributed by atoms with Gasteiger partial charge in [0.2, 0.25) is 5.91 Å². The fourth-order valence-electron chi connectivity index (χ4n) is 1.67. The molecule has 2 rings (SSSR count). The Labute approximate surface area is 136 Å². The summed E-state index contributed by atoms with van der Waals surface area (Å²) in [6.07, 6.45) is 0. The zero-order valence-corrected chi connectivity index (χ0v) is 12.7. The number of halogens is 1. The van der Waals surface area contributed by atoms with Crippen molar-refractivity contribution in [2.24, 2.45) is 0 Å². The van der Waals surface area contributed by atoms with Crippen LogP contribution in [0.1, 0.15) is 15.9 Å². The van der Waals surface area contributed by atoms with Crippen LogP contribution in [0.15, 0.2) is 53.4 Å². The first-order chi connectivity index (χ1) is 11.1. The number of thioether (sulfide) groups is 1. The minimum absolute atomic E-state index is 0.0422. The molecule has 116 valence electrons. The first kappa shape index (κ1) is 16.5. The number of nitriles is 1. The number of hydrazine groups is 1. The lowest BCUT2D eigenvalue weighted by molar-refractivity contribution is -0.119. The maximum absolute atomic E-state index is 13.4. The molecule has 0 aromatic heterocycles. The lowest BCUT2D eigenvalue weighted by atomic mass is 10.1. The molecule has 0 fully saturated rings. The topological polar surface area (TPSA) is 82.0 Å². The van der Waals surface area contributed by atoms with Crippen LogP contribution >= 0.6 is 11.8 Å². The van der Waals surface area contributed by atoms with Gasteiger partial charge in [-0.1, -0.05) is 18.2 Å². The fourth-order valence-corrected chi connectivity index (χ4v) is 2.41. The van der Waals surface area contributed by atoms with Crippen LogP contribution < -0.4 is 10.9 Å². The van der Waals surface area contributed by atoms with E-state index in [0.29, 0.717) is 10.5 Å². The van der Waals surface area contributed by atoms with Crippen LogP contribution in [0.2, 0.25) is 0 Å². The zero-order chi connectivity index (χ0) is 16.7. The SMILES string of the molecule is N#Cc1cccc(C(=O)NNC(=O)CSc2ccccc2F)c1. The van der Waals surface area contributed by atoms with Crippen molar-refractivity contribution in [3.63, 3.8) is 0 Å². The van der Waals surface area contributed by atoms with E-state index in [4.69, 9.17) is 5.26 Å². The molecule has 0 aliphatic carbocycles. The number of carbonyl (C=O) groups is 2. The van der Waals surface area contributed by atoms with Gasteiger partial charge >= 0.3 is 0 Å². The molecule has 2 aromatic rings. The van der Waals surface area contributed by atoms with E-state index in [1.807, 2.05) is 6.07 Å². The summed E-state index contributed by atoms with van der Waals surface area (Å²) in [4.78, 5) is 23.9. The molecule has 2 amide bonds. The van der Waals surface area contributed by atoms with E-state index in [1.54, 1.807) is 30.3 Å². The third-order valence-electron chi connectivity index (χ3n) is 2.76. The van der Waals surface area contributed by atoms with Gasteiger partial charge < -0.3 is 0 Å². The summed E-state index contributed by atoms with van der Waals surface area (Å²) >= 11 is 1.03. The number of amides is 2. The van der Waals surface area contributed by atoms with E-state index in [1.165, 1.54) is 18.2 Å². The zero-order valence-electron chi connectivity index (χ0n) is 11.9. The normalized spacial score (nSPS) is 9.74. The molecule has 0 bridgehead atoms. The van der Waals surface area contributed by atoms with Crippen molar-refractivity contribution in [1.82, 2.24) is 10.9 Å². The van der Waals surface area contributed by atoms with Crippen molar-refractivity contribution in [3.05, 3.63) is 65.5 Å². The first-order valence-corrected chi connectivity index (χ1v) is 7.55. The molecule has 23 heavy (non-hydrogen) atoms. The molecule has 0 aliphatic heterocycles. The second-order valence-corrected chi connectivity index (χ2v) is 5.43. The number of hydrogen-bond acceptors (Lipinski definition) is 4. The highest BCUT2D eigenvalue weighted by atomic mass is 32.2. The minimum Gasteiger partial charge on any atom is -0.272 e. The summed E-state index contributed by atoms with van der Waals surface area (Å²) in [7, 11) is 0. The Hall–Kier alpha value is -2.85. The predicted octanol–water partition coefficient (Wildman–Crippen LogP) is 2.25. The molecular formula is C16H12FN3O2S. The second kappa shape index (κ2) is 7.96. The lowest BCUT2D eigenvalue weighted by Gasteiger charge is -2.07. The number of benzene rings is 2. The number of rotatable bonds is 4. The second-order valence-electron chi connectivity index (χ2n) is 4.41. The Morgan fingerprint density at radius 3 is 2.65 bits per heavy atom. The van der Waals surface area contributed by atoms with E-state index in [0.717, 1.165) is 11.8 Å². The summed E-state index contributed by atoms with van der Waals surface area (Å²) in [5.74, 6) is -1.45. The Morgan fingerprint density at radius 1 is 1.13 bits per heavy atom. The van der Waals surface area contributed by atoms with E-state index < -0.39 is 17.6 Å². The third-order valence-corrected chi connectivity index (χ3v) is 3.81. The van der Waals surface area contributed by atoms with Gasteiger partial charge in [0.15, 0.2) is 0 Å². The average molecular weight is 329 g/mol. The molecule has 0 spiro atoms. The van der Waals surface area contributed by atoms with E-state index in [2.05, 4.69) is 10.9 Å². The Morgan fingerprint density at radius 2 is 1.91 bits per heavy atom. The third kappa shape index (κ3) is 4.83. The van der Waals surface area contributed by atoms with Gasteiger partial charge in [-0.05, 0) is 30.3 Å². The van der Waals surface area contributed by atoms with Gasteiger partial charge in [-0.15, -0.1) is 11.8 Å². The van der Waals surface area contributed by atoms with Crippen LogP contribution in [-0.4, -0.2) is 17.6 Å². The van der Waals surface area contributed by atoms with Crippen LogP contribution in [-0.2, 0) is 4.79 Å². The maximum atomic E-state index is 13.4. The van der Waals surface area contributed by atoms with E-state index in [9.17, 15) is 14.0 Å². The molecule has 0 heterocycles. The predicted molar refractivity (Wildman–Crippen MR) is 83.9 cm³/mol. The van der Waals surface area contributed by atoms with Gasteiger partial charge in [0, 0.05) is 10.5 Å². The largest absolute Gasteiger partial charge is 0.272 e. The Balaban J connectivity index is 1.83. The Bertz CT molecular complexity index is 774. The monoisotopic (exact) mass is 329 g/mol. The highest BCUT2D eigenvalue weighted by Gasteiger charge is 2.09. The van der Waals surface area contributed by atoms with E-state index in [-0.39, 0.29) is 11.3 Å².